The molecule has 2 aliphatic heterocycles. The predicted molar refractivity (Wildman–Crippen MR) is 156 cm³/mol. The third-order valence-corrected chi connectivity index (χ3v) is 9.48. The van der Waals surface area contributed by atoms with Gasteiger partial charge in [-0.3, -0.25) is 29.3 Å². The Morgan fingerprint density at radius 1 is 1.00 bits per heavy atom. The Kier molecular flexibility index (Phi) is 8.15. The monoisotopic (exact) mass is 640 g/mol. The number of piperidine rings is 1. The summed E-state index contributed by atoms with van der Waals surface area (Å²) in [4.78, 5) is 66.6. The minimum Gasteiger partial charge on any atom is -0.341 e. The van der Waals surface area contributed by atoms with Crippen molar-refractivity contribution in [3.63, 3.8) is 0 Å². The maximum atomic E-state index is 14.5. The van der Waals surface area contributed by atoms with E-state index in [4.69, 9.17) is 0 Å². The van der Waals surface area contributed by atoms with Crippen LogP contribution in [0, 0.1) is 11.7 Å². The summed E-state index contributed by atoms with van der Waals surface area (Å²) in [5.41, 5.74) is -1.07. The third kappa shape index (κ3) is 5.64. The fourth-order valence-electron chi connectivity index (χ4n) is 6.93. The lowest BCUT2D eigenvalue weighted by Crippen LogP contribution is -2.60. The summed E-state index contributed by atoms with van der Waals surface area (Å²) in [6.45, 7) is 0.337. The number of imide groups is 1. The van der Waals surface area contributed by atoms with E-state index in [1.165, 1.54) is 16.8 Å². The van der Waals surface area contributed by atoms with E-state index in [-0.39, 0.29) is 44.3 Å². The van der Waals surface area contributed by atoms with Crippen LogP contribution >= 0.6 is 0 Å². The molecule has 3 aliphatic rings. The number of rotatable bonds is 6. The molecule has 0 radical (unpaired) electrons. The number of carbonyl (C=O) groups excluding carboxylic acids is 4. The largest absolute Gasteiger partial charge is 0.416 e. The second kappa shape index (κ2) is 12.0. The first-order chi connectivity index (χ1) is 21.9. The van der Waals surface area contributed by atoms with Crippen LogP contribution in [0.4, 0.5) is 22.4 Å². The normalized spacial score (nSPS) is 19.4. The summed E-state index contributed by atoms with van der Waals surface area (Å²) in [5, 5.41) is 2.54. The molecule has 1 aliphatic carbocycles. The number of amides is 5. The molecule has 1 aromatic heterocycles. The van der Waals surface area contributed by atoms with Gasteiger partial charge in [-0.25, -0.2) is 9.18 Å². The Balaban J connectivity index is 1.20. The Morgan fingerprint density at radius 3 is 2.35 bits per heavy atom. The average molecular weight is 641 g/mol. The molecule has 5 amide bonds. The van der Waals surface area contributed by atoms with Crippen molar-refractivity contribution in [1.82, 2.24) is 30.0 Å². The molecule has 1 spiro atoms. The maximum absolute atomic E-state index is 14.5. The van der Waals surface area contributed by atoms with Crippen molar-refractivity contribution in [2.75, 3.05) is 20.1 Å². The average Bonchev–Trinajstić information content (AvgIpc) is 3.63. The maximum Gasteiger partial charge on any atom is 0.416 e. The second-order valence-electron chi connectivity index (χ2n) is 12.2. The van der Waals surface area contributed by atoms with Gasteiger partial charge >= 0.3 is 12.2 Å². The van der Waals surface area contributed by atoms with E-state index in [1.54, 1.807) is 18.5 Å². The van der Waals surface area contributed by atoms with Gasteiger partial charge in [0.25, 0.3) is 11.8 Å². The highest BCUT2D eigenvalue weighted by atomic mass is 19.4. The molecule has 1 N–H and O–H groups in total. The van der Waals surface area contributed by atoms with E-state index in [2.05, 4.69) is 15.3 Å². The van der Waals surface area contributed by atoms with Gasteiger partial charge in [-0.05, 0) is 67.5 Å². The van der Waals surface area contributed by atoms with Crippen LogP contribution in [0.25, 0.3) is 11.0 Å². The number of nitrogens with zero attached hydrogens (tertiary/aromatic N) is 5. The van der Waals surface area contributed by atoms with E-state index >= 15 is 0 Å². The molecule has 2 saturated heterocycles. The zero-order valence-corrected chi connectivity index (χ0v) is 25.0. The Bertz CT molecular complexity index is 1700. The van der Waals surface area contributed by atoms with Crippen molar-refractivity contribution < 1.29 is 36.7 Å². The Morgan fingerprint density at radius 2 is 1.67 bits per heavy atom. The van der Waals surface area contributed by atoms with E-state index in [0.29, 0.717) is 42.1 Å². The third-order valence-electron chi connectivity index (χ3n) is 9.48. The number of halogens is 4. The fraction of sp³-hybridized carbons (Fsp3) is 0.438. The standard InChI is InChI=1S/C32H32F4N6O4/c1-40-29(45)31(42(30(40)46)18-19-6-9-24-25(16-19)38-13-12-37-24)10-14-41(15-11-31)28(44)26(20-4-2-3-5-20)39-27(43)22-17-21(32(34,35)36)7-8-23(22)33/h6-9,12-13,16-17,20,26H,2-5,10-11,14-15,18H2,1H3,(H,39,43)/t26-/m1/s1. The molecule has 3 fully saturated rings. The van der Waals surface area contributed by atoms with Gasteiger partial charge in [0.1, 0.15) is 17.4 Å². The molecular formula is C32H32F4N6O4. The van der Waals surface area contributed by atoms with Crippen molar-refractivity contribution in [3.8, 4) is 0 Å². The SMILES string of the molecule is CN1C(=O)N(Cc2ccc3nccnc3c2)C2(CCN(C(=O)[C@H](NC(=O)c3cc(C(F)(F)F)ccc3F)C3CCCC3)CC2)C1=O. The molecule has 6 rings (SSSR count). The van der Waals surface area contributed by atoms with Crippen molar-refractivity contribution >= 4 is 34.8 Å². The fourth-order valence-corrected chi connectivity index (χ4v) is 6.93. The number of likely N-dealkylation sites (N-methyl/N-ethyl adjacent to an activating group) is 1. The van der Waals surface area contributed by atoms with Crippen LogP contribution in [0.3, 0.4) is 0 Å². The van der Waals surface area contributed by atoms with E-state index < -0.39 is 52.5 Å². The summed E-state index contributed by atoms with van der Waals surface area (Å²) in [6, 6.07) is 5.47. The molecule has 2 aromatic carbocycles. The highest BCUT2D eigenvalue weighted by Crippen LogP contribution is 2.39. The molecule has 3 aromatic rings. The van der Waals surface area contributed by atoms with Crippen LogP contribution in [-0.2, 0) is 22.3 Å². The van der Waals surface area contributed by atoms with E-state index in [0.717, 1.165) is 23.3 Å². The molecular weight excluding hydrogens is 608 g/mol. The molecule has 1 saturated carbocycles. The Hall–Kier alpha value is -4.62. The predicted octanol–water partition coefficient (Wildman–Crippen LogP) is 4.53. The number of carbonyl (C=O) groups is 4. The highest BCUT2D eigenvalue weighted by Gasteiger charge is 2.57. The molecule has 10 nitrogen and oxygen atoms in total. The van der Waals surface area contributed by atoms with Gasteiger partial charge in [-0.1, -0.05) is 18.9 Å². The minimum atomic E-state index is -4.78. The first-order valence-electron chi connectivity index (χ1n) is 15.1. The number of nitrogens with one attached hydrogen (secondary N) is 1. The molecule has 0 unspecified atom stereocenters. The lowest BCUT2D eigenvalue weighted by molar-refractivity contribution is -0.142. The zero-order chi connectivity index (χ0) is 32.8. The lowest BCUT2D eigenvalue weighted by Gasteiger charge is -2.43. The van der Waals surface area contributed by atoms with Crippen LogP contribution in [0.15, 0.2) is 48.8 Å². The van der Waals surface area contributed by atoms with E-state index in [9.17, 15) is 36.7 Å². The smallest absolute Gasteiger partial charge is 0.341 e. The summed E-state index contributed by atoms with van der Waals surface area (Å²) in [5.74, 6) is -3.34. The topological polar surface area (TPSA) is 116 Å². The summed E-state index contributed by atoms with van der Waals surface area (Å²) < 4.78 is 54.4. The second-order valence-corrected chi connectivity index (χ2v) is 12.2. The van der Waals surface area contributed by atoms with Crippen molar-refractivity contribution in [2.45, 2.75) is 62.8 Å². The molecule has 46 heavy (non-hydrogen) atoms. The number of likely N-dealkylation sites (tertiary alicyclic amines) is 1. The van der Waals surface area contributed by atoms with Crippen LogP contribution in [-0.4, -0.2) is 80.1 Å². The number of alkyl halides is 3. The zero-order valence-electron chi connectivity index (χ0n) is 25.0. The van der Waals surface area contributed by atoms with Gasteiger partial charge < -0.3 is 15.1 Å². The first kappa shape index (κ1) is 31.4. The number of hydrogen-bond donors (Lipinski definition) is 1. The van der Waals surface area contributed by atoms with Crippen molar-refractivity contribution in [3.05, 3.63) is 71.3 Å². The summed E-state index contributed by atoms with van der Waals surface area (Å²) >= 11 is 0. The van der Waals surface area contributed by atoms with Crippen LogP contribution in [0.5, 0.6) is 0 Å². The van der Waals surface area contributed by atoms with E-state index in [1.807, 2.05) is 12.1 Å². The van der Waals surface area contributed by atoms with Gasteiger partial charge in [0.05, 0.1) is 22.2 Å². The van der Waals surface area contributed by atoms with Gasteiger partial charge in [0.2, 0.25) is 5.91 Å². The number of aromatic nitrogens is 2. The van der Waals surface area contributed by atoms with Crippen LogP contribution in [0.2, 0.25) is 0 Å². The molecule has 0 bridgehead atoms. The van der Waals surface area contributed by atoms with Gasteiger partial charge in [-0.2, -0.15) is 13.2 Å². The Labute approximate surface area is 261 Å². The van der Waals surface area contributed by atoms with Gasteiger partial charge in [0.15, 0.2) is 0 Å². The minimum absolute atomic E-state index is 0.0996. The first-order valence-corrected chi connectivity index (χ1v) is 15.1. The molecule has 3 heterocycles. The molecule has 1 atom stereocenters. The number of hydrogen-bond acceptors (Lipinski definition) is 6. The molecule has 242 valence electrons. The quantitative estimate of drug-likeness (QED) is 0.313. The number of urea groups is 1. The van der Waals surface area contributed by atoms with Crippen LogP contribution in [0.1, 0.15) is 60.0 Å². The summed E-state index contributed by atoms with van der Waals surface area (Å²) in [7, 11) is 1.42. The van der Waals surface area contributed by atoms with Crippen molar-refractivity contribution in [2.24, 2.45) is 5.92 Å². The van der Waals surface area contributed by atoms with Crippen molar-refractivity contribution in [1.29, 1.82) is 0 Å². The van der Waals surface area contributed by atoms with Gasteiger partial charge in [-0.15, -0.1) is 0 Å². The number of fused-ring (bicyclic) bond motifs is 1. The highest BCUT2D eigenvalue weighted by molar-refractivity contribution is 6.07. The van der Waals surface area contributed by atoms with Crippen LogP contribution < -0.4 is 5.32 Å². The number of benzene rings is 2. The molecule has 14 heteroatoms. The van der Waals surface area contributed by atoms with Gasteiger partial charge in [0, 0.05) is 39.1 Å². The lowest BCUT2D eigenvalue weighted by atomic mass is 9.84. The summed E-state index contributed by atoms with van der Waals surface area (Å²) in [6.07, 6.45) is 1.50.